The van der Waals surface area contributed by atoms with Gasteiger partial charge in [0.2, 0.25) is 0 Å². The minimum atomic E-state index is 0.801. The number of hydrogen-bond donors (Lipinski definition) is 0. The zero-order valence-corrected chi connectivity index (χ0v) is 6.89. The first-order chi connectivity index (χ1) is 4.18. The summed E-state index contributed by atoms with van der Waals surface area (Å²) in [5, 5.41) is 0. The lowest BCUT2D eigenvalue weighted by atomic mass is 10.3. The van der Waals surface area contributed by atoms with E-state index in [1.807, 2.05) is 0 Å². The average Bonchev–Trinajstić information content (AvgIpc) is 2.40. The Morgan fingerprint density at radius 1 is 1.33 bits per heavy atom. The van der Waals surface area contributed by atoms with Crippen molar-refractivity contribution in [3.8, 4) is 0 Å². The molecule has 1 rings (SSSR count). The van der Waals surface area contributed by atoms with E-state index in [4.69, 9.17) is 0 Å². The maximum atomic E-state index is 2.56. The molecule has 0 aliphatic carbocycles. The Morgan fingerprint density at radius 3 is 1.89 bits per heavy atom. The van der Waals surface area contributed by atoms with Gasteiger partial charge in [0.15, 0.2) is 0 Å². The smallest absolute Gasteiger partial charge is 0.0227 e. The molecule has 1 heterocycles. The molecule has 3 unspecified atom stereocenters. The topological polar surface area (TPSA) is 3.01 Å². The second kappa shape index (κ2) is 2.30. The Kier molecular flexibility index (Phi) is 1.80. The molecule has 54 valence electrons. The van der Waals surface area contributed by atoms with Crippen LogP contribution in [0.1, 0.15) is 34.1 Å². The number of nitrogens with zero attached hydrogens (tertiary/aromatic N) is 1. The molecule has 0 N–H and O–H groups in total. The summed E-state index contributed by atoms with van der Waals surface area (Å²) >= 11 is 0. The second-order valence-electron chi connectivity index (χ2n) is 3.19. The fraction of sp³-hybridized carbons (Fsp3) is 1.00. The molecule has 1 aliphatic heterocycles. The van der Waals surface area contributed by atoms with Gasteiger partial charge in [-0.3, -0.25) is 4.90 Å². The lowest BCUT2D eigenvalue weighted by Gasteiger charge is -2.09. The first-order valence-corrected chi connectivity index (χ1v) is 3.96. The van der Waals surface area contributed by atoms with Crippen LogP contribution >= 0.6 is 0 Å². The fourth-order valence-corrected chi connectivity index (χ4v) is 1.55. The molecule has 0 aromatic carbocycles. The summed E-state index contributed by atoms with van der Waals surface area (Å²) in [5.41, 5.74) is 0. The van der Waals surface area contributed by atoms with E-state index in [-0.39, 0.29) is 0 Å². The molecular formula is C8H17N. The van der Waals surface area contributed by atoms with Crippen LogP contribution in [0.25, 0.3) is 0 Å². The zero-order valence-electron chi connectivity index (χ0n) is 6.89. The van der Waals surface area contributed by atoms with Crippen LogP contribution in [0.2, 0.25) is 0 Å². The number of hydrogen-bond acceptors (Lipinski definition) is 1. The summed E-state index contributed by atoms with van der Waals surface area (Å²) in [5.74, 6) is 0. The quantitative estimate of drug-likeness (QED) is 0.512. The average molecular weight is 127 g/mol. The van der Waals surface area contributed by atoms with Crippen LogP contribution in [-0.2, 0) is 0 Å². The summed E-state index contributed by atoms with van der Waals surface area (Å²) in [7, 11) is 0. The van der Waals surface area contributed by atoms with Crippen molar-refractivity contribution in [2.45, 2.75) is 52.2 Å². The van der Waals surface area contributed by atoms with Gasteiger partial charge in [-0.1, -0.05) is 6.92 Å². The molecule has 0 saturated carbocycles. The standard InChI is InChI=1S/C8H17N/c1-5-6(2)9-7(3)8(9)4/h6-8H,5H2,1-4H3. The van der Waals surface area contributed by atoms with Crippen molar-refractivity contribution in [1.82, 2.24) is 4.90 Å². The van der Waals surface area contributed by atoms with E-state index < -0.39 is 0 Å². The van der Waals surface area contributed by atoms with E-state index in [0.29, 0.717) is 0 Å². The largest absolute Gasteiger partial charge is 0.292 e. The first kappa shape index (κ1) is 7.07. The van der Waals surface area contributed by atoms with Crippen LogP contribution in [0.15, 0.2) is 0 Å². The monoisotopic (exact) mass is 127 g/mol. The predicted octanol–water partition coefficient (Wildman–Crippen LogP) is 1.88. The van der Waals surface area contributed by atoms with Crippen molar-refractivity contribution in [3.05, 3.63) is 0 Å². The molecule has 0 amide bonds. The van der Waals surface area contributed by atoms with Gasteiger partial charge in [-0.05, 0) is 27.2 Å². The Morgan fingerprint density at radius 2 is 1.78 bits per heavy atom. The van der Waals surface area contributed by atoms with Crippen LogP contribution in [-0.4, -0.2) is 23.0 Å². The molecule has 0 radical (unpaired) electrons. The van der Waals surface area contributed by atoms with Gasteiger partial charge in [0.25, 0.3) is 0 Å². The van der Waals surface area contributed by atoms with E-state index in [2.05, 4.69) is 32.6 Å². The van der Waals surface area contributed by atoms with Gasteiger partial charge < -0.3 is 0 Å². The molecule has 0 aromatic rings. The van der Waals surface area contributed by atoms with Crippen molar-refractivity contribution in [1.29, 1.82) is 0 Å². The van der Waals surface area contributed by atoms with Crippen molar-refractivity contribution in [2.24, 2.45) is 0 Å². The Labute approximate surface area is 58.0 Å². The Hall–Kier alpha value is -0.0400. The third-order valence-electron chi connectivity index (χ3n) is 2.65. The van der Waals surface area contributed by atoms with E-state index >= 15 is 0 Å². The molecule has 0 spiro atoms. The highest BCUT2D eigenvalue weighted by atomic mass is 15.4. The van der Waals surface area contributed by atoms with Crippen LogP contribution in [0.3, 0.4) is 0 Å². The van der Waals surface area contributed by atoms with Gasteiger partial charge in [-0.25, -0.2) is 0 Å². The van der Waals surface area contributed by atoms with Gasteiger partial charge >= 0.3 is 0 Å². The Balaban J connectivity index is 2.31. The Bertz CT molecular complexity index is 92.7. The molecule has 0 bridgehead atoms. The lowest BCUT2D eigenvalue weighted by molar-refractivity contribution is 0.372. The molecular weight excluding hydrogens is 110 g/mol. The summed E-state index contributed by atoms with van der Waals surface area (Å²) in [6.45, 7) is 9.16. The lowest BCUT2D eigenvalue weighted by Crippen LogP contribution is -2.15. The normalized spacial score (nSPS) is 44.7. The van der Waals surface area contributed by atoms with Crippen LogP contribution in [0.5, 0.6) is 0 Å². The highest BCUT2D eigenvalue weighted by Crippen LogP contribution is 2.30. The molecule has 9 heavy (non-hydrogen) atoms. The summed E-state index contributed by atoms with van der Waals surface area (Å²) in [6, 6.07) is 2.50. The summed E-state index contributed by atoms with van der Waals surface area (Å²) < 4.78 is 0. The zero-order chi connectivity index (χ0) is 7.02. The fourth-order valence-electron chi connectivity index (χ4n) is 1.55. The van der Waals surface area contributed by atoms with Crippen molar-refractivity contribution in [3.63, 3.8) is 0 Å². The third kappa shape index (κ3) is 1.11. The first-order valence-electron chi connectivity index (χ1n) is 3.96. The molecule has 1 fully saturated rings. The van der Waals surface area contributed by atoms with Crippen LogP contribution < -0.4 is 0 Å². The van der Waals surface area contributed by atoms with Crippen molar-refractivity contribution >= 4 is 0 Å². The van der Waals surface area contributed by atoms with Gasteiger partial charge in [0, 0.05) is 18.1 Å². The highest BCUT2D eigenvalue weighted by Gasteiger charge is 2.41. The minimum Gasteiger partial charge on any atom is -0.292 e. The summed E-state index contributed by atoms with van der Waals surface area (Å²) in [4.78, 5) is 2.56. The van der Waals surface area contributed by atoms with E-state index in [0.717, 1.165) is 18.1 Å². The SMILES string of the molecule is CCC(C)N1C(C)C1C. The molecule has 1 aliphatic rings. The molecule has 0 aromatic heterocycles. The molecule has 1 nitrogen and oxygen atoms in total. The predicted molar refractivity (Wildman–Crippen MR) is 40.5 cm³/mol. The molecule has 3 atom stereocenters. The van der Waals surface area contributed by atoms with Gasteiger partial charge in [-0.15, -0.1) is 0 Å². The second-order valence-corrected chi connectivity index (χ2v) is 3.19. The van der Waals surface area contributed by atoms with E-state index in [9.17, 15) is 0 Å². The number of rotatable bonds is 2. The maximum Gasteiger partial charge on any atom is 0.0227 e. The molecule has 1 heteroatoms. The summed E-state index contributed by atoms with van der Waals surface area (Å²) in [6.07, 6.45) is 1.29. The minimum absolute atomic E-state index is 0.801. The highest BCUT2D eigenvalue weighted by molar-refractivity contribution is 4.98. The molecule has 1 saturated heterocycles. The van der Waals surface area contributed by atoms with Gasteiger partial charge in [0.05, 0.1) is 0 Å². The maximum absolute atomic E-state index is 2.56. The van der Waals surface area contributed by atoms with E-state index in [1.54, 1.807) is 0 Å². The third-order valence-corrected chi connectivity index (χ3v) is 2.65. The van der Waals surface area contributed by atoms with Crippen molar-refractivity contribution in [2.75, 3.05) is 0 Å². The van der Waals surface area contributed by atoms with E-state index in [1.165, 1.54) is 6.42 Å². The van der Waals surface area contributed by atoms with Gasteiger partial charge in [0.1, 0.15) is 0 Å². The van der Waals surface area contributed by atoms with Crippen molar-refractivity contribution < 1.29 is 0 Å². The van der Waals surface area contributed by atoms with Gasteiger partial charge in [-0.2, -0.15) is 0 Å². The van der Waals surface area contributed by atoms with Crippen LogP contribution in [0.4, 0.5) is 0 Å². The van der Waals surface area contributed by atoms with Crippen LogP contribution in [0, 0.1) is 0 Å².